The van der Waals surface area contributed by atoms with Gasteiger partial charge in [-0.15, -0.1) is 0 Å². The Morgan fingerprint density at radius 3 is 2.60 bits per heavy atom. The van der Waals surface area contributed by atoms with E-state index in [1.54, 1.807) is 0 Å². The van der Waals surface area contributed by atoms with Gasteiger partial charge in [0.2, 0.25) is 0 Å². The maximum atomic E-state index is 5.47. The predicted octanol–water partition coefficient (Wildman–Crippen LogP) is 2.40. The van der Waals surface area contributed by atoms with Crippen LogP contribution in [0.15, 0.2) is 30.3 Å². The van der Waals surface area contributed by atoms with Crippen LogP contribution in [0.5, 0.6) is 0 Å². The lowest BCUT2D eigenvalue weighted by molar-refractivity contribution is 0.0333. The van der Waals surface area contributed by atoms with Crippen LogP contribution >= 0.6 is 0 Å². The summed E-state index contributed by atoms with van der Waals surface area (Å²) in [6.07, 6.45) is 2.48. The van der Waals surface area contributed by atoms with Gasteiger partial charge in [-0.05, 0) is 31.4 Å². The normalized spacial score (nSPS) is 26.8. The summed E-state index contributed by atoms with van der Waals surface area (Å²) in [6.45, 7) is 6.71. The Hall–Kier alpha value is -0.900. The van der Waals surface area contributed by atoms with Crippen molar-refractivity contribution >= 4 is 0 Å². The van der Waals surface area contributed by atoms with Crippen molar-refractivity contribution in [2.45, 2.75) is 18.9 Å². The summed E-state index contributed by atoms with van der Waals surface area (Å²) in [6, 6.07) is 11.5. The topological polar surface area (TPSA) is 15.7 Å². The zero-order valence-electron chi connectivity index (χ0n) is 12.5. The van der Waals surface area contributed by atoms with E-state index in [-0.39, 0.29) is 0 Å². The molecule has 0 aromatic heterocycles. The minimum absolute atomic E-state index is 0.546. The SMILES string of the molecule is CN1CCN(CC2CCOCC2)C[C@@H]1c1ccccc1. The van der Waals surface area contributed by atoms with E-state index in [4.69, 9.17) is 4.74 Å². The van der Waals surface area contributed by atoms with Crippen molar-refractivity contribution in [1.82, 2.24) is 9.80 Å². The molecule has 1 atom stereocenters. The quantitative estimate of drug-likeness (QED) is 0.842. The van der Waals surface area contributed by atoms with E-state index in [2.05, 4.69) is 47.2 Å². The lowest BCUT2D eigenvalue weighted by atomic mass is 9.97. The monoisotopic (exact) mass is 274 g/mol. The Bertz CT molecular complexity index is 403. The first-order chi connectivity index (χ1) is 9.83. The highest BCUT2D eigenvalue weighted by Crippen LogP contribution is 2.25. The molecular formula is C17H26N2O. The number of piperazine rings is 1. The fourth-order valence-electron chi connectivity index (χ4n) is 3.43. The predicted molar refractivity (Wildman–Crippen MR) is 81.8 cm³/mol. The molecule has 1 aromatic carbocycles. The third-order valence-corrected chi connectivity index (χ3v) is 4.77. The number of nitrogens with zero attached hydrogens (tertiary/aromatic N) is 2. The molecule has 0 N–H and O–H groups in total. The van der Waals surface area contributed by atoms with Crippen LogP contribution in [-0.2, 0) is 4.74 Å². The van der Waals surface area contributed by atoms with Crippen molar-refractivity contribution in [3.63, 3.8) is 0 Å². The third kappa shape index (κ3) is 3.40. The smallest absolute Gasteiger partial charge is 0.0472 e. The van der Waals surface area contributed by atoms with Crippen molar-refractivity contribution < 1.29 is 4.74 Å². The molecule has 3 nitrogen and oxygen atoms in total. The second-order valence-corrected chi connectivity index (χ2v) is 6.22. The van der Waals surface area contributed by atoms with Crippen molar-refractivity contribution in [2.24, 2.45) is 5.92 Å². The van der Waals surface area contributed by atoms with Gasteiger partial charge in [0, 0.05) is 45.4 Å². The molecule has 2 heterocycles. The minimum atomic E-state index is 0.546. The van der Waals surface area contributed by atoms with Gasteiger partial charge in [0.15, 0.2) is 0 Å². The van der Waals surface area contributed by atoms with Crippen molar-refractivity contribution in [3.05, 3.63) is 35.9 Å². The van der Waals surface area contributed by atoms with E-state index in [1.165, 1.54) is 38.0 Å². The van der Waals surface area contributed by atoms with Gasteiger partial charge in [0.25, 0.3) is 0 Å². The molecule has 3 rings (SSSR count). The van der Waals surface area contributed by atoms with Crippen LogP contribution in [0.4, 0.5) is 0 Å². The minimum Gasteiger partial charge on any atom is -0.381 e. The first-order valence-corrected chi connectivity index (χ1v) is 7.88. The molecule has 2 aliphatic rings. The summed E-state index contributed by atoms with van der Waals surface area (Å²) < 4.78 is 5.47. The van der Waals surface area contributed by atoms with Crippen LogP contribution in [0.25, 0.3) is 0 Å². The first-order valence-electron chi connectivity index (χ1n) is 7.88. The van der Waals surface area contributed by atoms with E-state index >= 15 is 0 Å². The van der Waals surface area contributed by atoms with Gasteiger partial charge in [0.1, 0.15) is 0 Å². The molecule has 0 radical (unpaired) electrons. The van der Waals surface area contributed by atoms with Crippen LogP contribution in [0.2, 0.25) is 0 Å². The second kappa shape index (κ2) is 6.70. The standard InChI is InChI=1S/C17H26N2O/c1-18-9-10-19(13-15-7-11-20-12-8-15)14-17(18)16-5-3-2-4-6-16/h2-6,15,17H,7-14H2,1H3/t17-/m1/s1. The number of hydrogen-bond acceptors (Lipinski definition) is 3. The molecule has 0 unspecified atom stereocenters. The van der Waals surface area contributed by atoms with Crippen LogP contribution in [-0.4, -0.2) is 56.2 Å². The molecule has 0 bridgehead atoms. The Kier molecular flexibility index (Phi) is 4.71. The lowest BCUT2D eigenvalue weighted by Gasteiger charge is -2.41. The first kappa shape index (κ1) is 14.1. The van der Waals surface area contributed by atoms with Gasteiger partial charge in [-0.25, -0.2) is 0 Å². The summed E-state index contributed by atoms with van der Waals surface area (Å²) in [5.74, 6) is 0.837. The van der Waals surface area contributed by atoms with E-state index in [1.807, 2.05) is 0 Å². The van der Waals surface area contributed by atoms with Gasteiger partial charge >= 0.3 is 0 Å². The molecule has 0 spiro atoms. The summed E-state index contributed by atoms with van der Waals surface area (Å²) in [5, 5.41) is 0. The molecule has 3 heteroatoms. The van der Waals surface area contributed by atoms with Gasteiger partial charge in [0.05, 0.1) is 0 Å². The highest BCUT2D eigenvalue weighted by atomic mass is 16.5. The summed E-state index contributed by atoms with van der Waals surface area (Å²) in [7, 11) is 2.25. The van der Waals surface area contributed by atoms with Crippen LogP contribution in [0.1, 0.15) is 24.4 Å². The molecule has 2 saturated heterocycles. The zero-order valence-corrected chi connectivity index (χ0v) is 12.5. The Labute approximate surface area is 122 Å². The molecule has 20 heavy (non-hydrogen) atoms. The van der Waals surface area contributed by atoms with Crippen LogP contribution < -0.4 is 0 Å². The summed E-state index contributed by atoms with van der Waals surface area (Å²) in [5.41, 5.74) is 1.45. The average molecular weight is 274 g/mol. The molecule has 2 aliphatic heterocycles. The maximum absolute atomic E-state index is 5.47. The highest BCUT2D eigenvalue weighted by molar-refractivity contribution is 5.20. The molecule has 2 fully saturated rings. The molecule has 110 valence electrons. The highest BCUT2D eigenvalue weighted by Gasteiger charge is 2.27. The summed E-state index contributed by atoms with van der Waals surface area (Å²) >= 11 is 0. The molecule has 0 amide bonds. The largest absolute Gasteiger partial charge is 0.381 e. The van der Waals surface area contributed by atoms with Gasteiger partial charge in [-0.3, -0.25) is 9.80 Å². The Balaban J connectivity index is 1.61. The summed E-state index contributed by atoms with van der Waals surface area (Å²) in [4.78, 5) is 5.16. The average Bonchev–Trinajstić information content (AvgIpc) is 2.51. The van der Waals surface area contributed by atoms with Crippen molar-refractivity contribution in [2.75, 3.05) is 46.4 Å². The fourth-order valence-corrected chi connectivity index (χ4v) is 3.43. The van der Waals surface area contributed by atoms with Gasteiger partial charge in [-0.1, -0.05) is 30.3 Å². The van der Waals surface area contributed by atoms with Crippen LogP contribution in [0, 0.1) is 5.92 Å². The zero-order chi connectivity index (χ0) is 13.8. The molecule has 0 saturated carbocycles. The van der Waals surface area contributed by atoms with E-state index in [0.717, 1.165) is 25.7 Å². The Morgan fingerprint density at radius 2 is 1.85 bits per heavy atom. The van der Waals surface area contributed by atoms with Gasteiger partial charge < -0.3 is 4.74 Å². The lowest BCUT2D eigenvalue weighted by Crippen LogP contribution is -2.48. The van der Waals surface area contributed by atoms with E-state index < -0.39 is 0 Å². The maximum Gasteiger partial charge on any atom is 0.0472 e. The molecular weight excluding hydrogens is 248 g/mol. The number of rotatable bonds is 3. The number of benzene rings is 1. The Morgan fingerprint density at radius 1 is 1.10 bits per heavy atom. The third-order valence-electron chi connectivity index (χ3n) is 4.77. The second-order valence-electron chi connectivity index (χ2n) is 6.22. The van der Waals surface area contributed by atoms with Crippen molar-refractivity contribution in [1.29, 1.82) is 0 Å². The van der Waals surface area contributed by atoms with E-state index in [9.17, 15) is 0 Å². The van der Waals surface area contributed by atoms with Crippen molar-refractivity contribution in [3.8, 4) is 0 Å². The molecule has 0 aliphatic carbocycles. The molecule has 1 aromatic rings. The van der Waals surface area contributed by atoms with E-state index in [0.29, 0.717) is 6.04 Å². The van der Waals surface area contributed by atoms with Crippen LogP contribution in [0.3, 0.4) is 0 Å². The van der Waals surface area contributed by atoms with Gasteiger partial charge in [-0.2, -0.15) is 0 Å². The number of likely N-dealkylation sites (N-methyl/N-ethyl adjacent to an activating group) is 1. The fraction of sp³-hybridized carbons (Fsp3) is 0.647. The number of ether oxygens (including phenoxy) is 1. The number of hydrogen-bond donors (Lipinski definition) is 0.